The molecule has 0 saturated carbocycles. The number of nitrogens with zero attached hydrogens (tertiary/aromatic N) is 2. The number of aryl methyl sites for hydroxylation is 6. The number of carbonyl (C=O) groups excluding carboxylic acids is 4. The Bertz CT molecular complexity index is 3430. The smallest absolute Gasteiger partial charge is 0.415 e. The molecule has 0 unspecified atom stereocenters. The summed E-state index contributed by atoms with van der Waals surface area (Å²) >= 11 is 1.62. The second kappa shape index (κ2) is 27.2. The fraction of sp³-hybridized carbons (Fsp3) is 0.364. The summed E-state index contributed by atoms with van der Waals surface area (Å²) in [7, 11) is -3.41. The van der Waals surface area contributed by atoms with E-state index >= 15 is 0 Å². The number of hydrogen-bond acceptors (Lipinski definition) is 13. The lowest BCUT2D eigenvalue weighted by Crippen LogP contribution is -2.38. The Hall–Kier alpha value is -7.96. The van der Waals surface area contributed by atoms with E-state index in [1.54, 1.807) is 58.0 Å². The third kappa shape index (κ3) is 16.2. The Kier molecular flexibility index (Phi) is 20.6. The molecule has 16 nitrogen and oxygen atoms in total. The average molecular weight is 1180 g/mol. The van der Waals surface area contributed by atoms with Gasteiger partial charge in [0.15, 0.2) is 32.6 Å². The van der Waals surface area contributed by atoms with Gasteiger partial charge in [0, 0.05) is 60.3 Å². The van der Waals surface area contributed by atoms with Crippen molar-refractivity contribution in [3.63, 3.8) is 0 Å². The Morgan fingerprint density at radius 1 is 0.536 bits per heavy atom. The summed E-state index contributed by atoms with van der Waals surface area (Å²) in [6.07, 6.45) is 4.74. The number of Topliss-reactive ketones (excluding diaryl/α,β-unsaturated/α-hetero) is 2. The van der Waals surface area contributed by atoms with Crippen molar-refractivity contribution in [1.29, 1.82) is 0 Å². The van der Waals surface area contributed by atoms with Crippen LogP contribution >= 0.6 is 11.8 Å². The van der Waals surface area contributed by atoms with E-state index in [2.05, 4.69) is 0 Å². The number of thioether (sulfide) groups is 1. The average Bonchev–Trinajstić information content (AvgIpc) is 4.26. The van der Waals surface area contributed by atoms with Gasteiger partial charge in [-0.1, -0.05) is 84.9 Å². The topological polar surface area (TPSA) is 220 Å². The fourth-order valence-electron chi connectivity index (χ4n) is 10.6. The molecule has 6 aromatic carbocycles. The zero-order valence-electron chi connectivity index (χ0n) is 49.2. The van der Waals surface area contributed by atoms with Gasteiger partial charge in [0.1, 0.15) is 23.0 Å². The van der Waals surface area contributed by atoms with E-state index in [1.165, 1.54) is 52.0 Å². The van der Waals surface area contributed by atoms with E-state index in [0.717, 1.165) is 44.5 Å². The standard InChI is InChI=1S/C33H37NO8S.C33H37NO6S/c1-21-17-23(18-22(2)30(21)42-33(3,4)31(36)37)11-12-25-19-34(32(38)41-26-9-7-6-8-10-26)20-28(25)29(35)24-13-15-27(16-14-24)43(5,39)40;1-21-17-23(18-22(2)30(21)40-33(3,4)31(36)37)11-12-25-19-34(32(38)39-26-9-7-6-8-10-26)20-28(25)29(35)24-13-15-27(41-5)16-14-24/h6-10,13-18,25,28H,11-12,19-20H2,1-5H3,(H,36,37);6-10,13-18,25,28H,11-12,19-20H2,1-5H3,(H,36,37)/t2*25-,28-/m00/s1. The van der Waals surface area contributed by atoms with Crippen LogP contribution in [0.15, 0.2) is 143 Å². The summed E-state index contributed by atoms with van der Waals surface area (Å²) in [6.45, 7) is 14.9. The largest absolute Gasteiger partial charge is 0.478 e. The molecule has 2 heterocycles. The van der Waals surface area contributed by atoms with E-state index < -0.39 is 51.1 Å². The molecule has 84 heavy (non-hydrogen) atoms. The molecule has 6 aromatic rings. The van der Waals surface area contributed by atoms with Crippen LogP contribution in [0.2, 0.25) is 0 Å². The lowest BCUT2D eigenvalue weighted by atomic mass is 9.84. The molecule has 4 atom stereocenters. The molecule has 0 aliphatic carbocycles. The first-order valence-corrected chi connectivity index (χ1v) is 30.9. The van der Waals surface area contributed by atoms with Crippen LogP contribution in [0, 0.1) is 51.4 Å². The van der Waals surface area contributed by atoms with Crippen molar-refractivity contribution in [2.75, 3.05) is 38.7 Å². The van der Waals surface area contributed by atoms with Crippen LogP contribution in [0.3, 0.4) is 0 Å². The second-order valence-corrected chi connectivity index (χ2v) is 25.6. The summed E-state index contributed by atoms with van der Waals surface area (Å²) < 4.78 is 46.6. The number of para-hydroxylation sites is 2. The number of ketones is 2. The third-order valence-corrected chi connectivity index (χ3v) is 17.2. The summed E-state index contributed by atoms with van der Waals surface area (Å²) in [4.78, 5) is 81.0. The molecule has 2 aliphatic heterocycles. The van der Waals surface area contributed by atoms with E-state index in [1.807, 2.05) is 107 Å². The van der Waals surface area contributed by atoms with Crippen molar-refractivity contribution in [3.8, 4) is 23.0 Å². The summed E-state index contributed by atoms with van der Waals surface area (Å²) in [5, 5.41) is 18.9. The lowest BCUT2D eigenvalue weighted by molar-refractivity contribution is -0.152. The van der Waals surface area contributed by atoms with Crippen LogP contribution in [-0.4, -0.2) is 114 Å². The van der Waals surface area contributed by atoms with Crippen molar-refractivity contribution < 1.29 is 66.3 Å². The molecular weight excluding hydrogens is 1110 g/mol. The summed E-state index contributed by atoms with van der Waals surface area (Å²) in [6, 6.07) is 39.1. The van der Waals surface area contributed by atoms with Crippen LogP contribution in [-0.2, 0) is 32.3 Å². The van der Waals surface area contributed by atoms with Gasteiger partial charge < -0.3 is 39.0 Å². The van der Waals surface area contributed by atoms with E-state index in [9.17, 15) is 47.4 Å². The number of aliphatic carboxylic acids is 2. The zero-order valence-corrected chi connectivity index (χ0v) is 50.8. The van der Waals surface area contributed by atoms with E-state index in [4.69, 9.17) is 18.9 Å². The fourth-order valence-corrected chi connectivity index (χ4v) is 11.6. The Balaban J connectivity index is 0.000000241. The predicted octanol–water partition coefficient (Wildman–Crippen LogP) is 12.3. The number of benzene rings is 6. The molecule has 2 fully saturated rings. The van der Waals surface area contributed by atoms with Gasteiger partial charge in [-0.25, -0.2) is 27.6 Å². The minimum Gasteiger partial charge on any atom is -0.478 e. The highest BCUT2D eigenvalue weighted by atomic mass is 32.2. The van der Waals surface area contributed by atoms with Gasteiger partial charge >= 0.3 is 24.1 Å². The Morgan fingerprint density at radius 2 is 0.881 bits per heavy atom. The number of rotatable bonds is 20. The molecule has 8 rings (SSSR count). The molecule has 0 aromatic heterocycles. The molecule has 2 N–H and O–H groups in total. The molecule has 0 spiro atoms. The minimum atomic E-state index is -3.41. The molecule has 2 saturated heterocycles. The Morgan fingerprint density at radius 3 is 1.20 bits per heavy atom. The van der Waals surface area contributed by atoms with Gasteiger partial charge in [-0.3, -0.25) is 9.59 Å². The number of carbonyl (C=O) groups is 6. The van der Waals surface area contributed by atoms with Crippen LogP contribution < -0.4 is 18.9 Å². The van der Waals surface area contributed by atoms with E-state index in [0.29, 0.717) is 79.4 Å². The maximum Gasteiger partial charge on any atom is 0.415 e. The molecule has 0 bridgehead atoms. The van der Waals surface area contributed by atoms with Crippen molar-refractivity contribution in [1.82, 2.24) is 9.80 Å². The zero-order chi connectivity index (χ0) is 61.3. The monoisotopic (exact) mass is 1180 g/mol. The number of sulfone groups is 1. The number of ether oxygens (including phenoxy) is 4. The van der Waals surface area contributed by atoms with Crippen LogP contribution in [0.4, 0.5) is 9.59 Å². The molecule has 0 radical (unpaired) electrons. The van der Waals surface area contributed by atoms with Crippen LogP contribution in [0.1, 0.15) is 94.6 Å². The van der Waals surface area contributed by atoms with Gasteiger partial charge in [0.25, 0.3) is 0 Å². The highest BCUT2D eigenvalue weighted by molar-refractivity contribution is 7.98. The highest BCUT2D eigenvalue weighted by Crippen LogP contribution is 2.37. The minimum absolute atomic E-state index is 0.0321. The van der Waals surface area contributed by atoms with Crippen molar-refractivity contribution in [2.24, 2.45) is 23.7 Å². The SMILES string of the molecule is CSc1ccc(C(=O)[C@H]2CN(C(=O)Oc3ccccc3)C[C@@H]2CCc2cc(C)c(OC(C)(C)C(=O)O)c(C)c2)cc1.Cc1cc(CC[C@H]2CN(C(=O)Oc3ccccc3)C[C@@H]2C(=O)c2ccc(S(C)(=O)=O)cc2)cc(C)c1OC(C)(C)C(=O)O. The number of hydrogen-bond donors (Lipinski definition) is 2. The van der Waals surface area contributed by atoms with E-state index in [-0.39, 0.29) is 40.8 Å². The number of likely N-dealkylation sites (tertiary alicyclic amines) is 2. The van der Waals surface area contributed by atoms with Crippen molar-refractivity contribution in [3.05, 3.63) is 178 Å². The van der Waals surface area contributed by atoms with Crippen molar-refractivity contribution in [2.45, 2.75) is 102 Å². The first-order chi connectivity index (χ1) is 39.6. The van der Waals surface area contributed by atoms with Gasteiger partial charge in [-0.05, 0) is 181 Å². The predicted molar refractivity (Wildman–Crippen MR) is 322 cm³/mol. The van der Waals surface area contributed by atoms with Crippen LogP contribution in [0.25, 0.3) is 0 Å². The summed E-state index contributed by atoms with van der Waals surface area (Å²) in [5.74, 6) is -1.32. The lowest BCUT2D eigenvalue weighted by Gasteiger charge is -2.25. The molecule has 18 heteroatoms. The van der Waals surface area contributed by atoms with Gasteiger partial charge in [0.05, 0.1) is 4.90 Å². The molecule has 2 amide bonds. The maximum atomic E-state index is 13.7. The normalized spacial score (nSPS) is 16.9. The quantitative estimate of drug-likeness (QED) is 0.0536. The van der Waals surface area contributed by atoms with Crippen molar-refractivity contribution >= 4 is 57.3 Å². The first-order valence-electron chi connectivity index (χ1n) is 27.7. The first kappa shape index (κ1) is 63.6. The van der Waals surface area contributed by atoms with Crippen LogP contribution in [0.5, 0.6) is 23.0 Å². The third-order valence-electron chi connectivity index (χ3n) is 15.3. The molecular formula is C66H74N2O14S2. The van der Waals surface area contributed by atoms with Gasteiger partial charge in [-0.15, -0.1) is 11.8 Å². The molecule has 444 valence electrons. The molecule has 2 aliphatic rings. The Labute approximate surface area is 496 Å². The number of carboxylic acids is 2. The van der Waals surface area contributed by atoms with Gasteiger partial charge in [-0.2, -0.15) is 0 Å². The highest BCUT2D eigenvalue weighted by Gasteiger charge is 2.42. The summed E-state index contributed by atoms with van der Waals surface area (Å²) in [5.41, 5.74) is 3.70. The second-order valence-electron chi connectivity index (χ2n) is 22.7. The van der Waals surface area contributed by atoms with Gasteiger partial charge in [0.2, 0.25) is 0 Å². The number of carboxylic acid groups (broad SMARTS) is 2. The number of amides is 2. The maximum absolute atomic E-state index is 13.7.